The Morgan fingerprint density at radius 3 is 2.36 bits per heavy atom. The Morgan fingerprint density at radius 2 is 1.67 bits per heavy atom. The van der Waals surface area contributed by atoms with E-state index in [4.69, 9.17) is 22.1 Å². The van der Waals surface area contributed by atoms with Crippen molar-refractivity contribution in [1.29, 1.82) is 0 Å². The number of thioether (sulfide) groups is 1. The van der Waals surface area contributed by atoms with Crippen molar-refractivity contribution in [1.82, 2.24) is 14.7 Å². The van der Waals surface area contributed by atoms with Gasteiger partial charge in [-0.15, -0.1) is 0 Å². The van der Waals surface area contributed by atoms with Crippen molar-refractivity contribution in [2.24, 2.45) is 0 Å². The van der Waals surface area contributed by atoms with Crippen LogP contribution in [0.15, 0.2) is 96.0 Å². The van der Waals surface area contributed by atoms with Crippen LogP contribution in [0.25, 0.3) is 23.0 Å². The van der Waals surface area contributed by atoms with E-state index >= 15 is 0 Å². The van der Waals surface area contributed by atoms with E-state index in [-0.39, 0.29) is 5.91 Å². The van der Waals surface area contributed by atoms with E-state index in [1.807, 2.05) is 102 Å². The minimum absolute atomic E-state index is 0.0874. The molecule has 0 aliphatic carbocycles. The third-order valence-corrected chi connectivity index (χ3v) is 7.09. The van der Waals surface area contributed by atoms with Crippen molar-refractivity contribution >= 4 is 40.3 Å². The molecule has 0 unspecified atom stereocenters. The van der Waals surface area contributed by atoms with Crippen LogP contribution in [-0.2, 0) is 11.3 Å². The van der Waals surface area contributed by atoms with Crippen LogP contribution in [0.4, 0.5) is 0 Å². The predicted octanol–water partition coefficient (Wildman–Crippen LogP) is 6.73. The zero-order chi connectivity index (χ0) is 24.9. The number of nitrogens with zero attached hydrogens (tertiary/aromatic N) is 3. The summed E-state index contributed by atoms with van der Waals surface area (Å²) in [6.45, 7) is 3.22. The molecule has 0 N–H and O–H groups in total. The molecule has 1 aromatic heterocycles. The maximum absolute atomic E-state index is 13.3. The number of thiocarbonyl (C=S) groups is 1. The van der Waals surface area contributed by atoms with E-state index in [0.29, 0.717) is 22.4 Å². The molecule has 1 aliphatic rings. The van der Waals surface area contributed by atoms with Gasteiger partial charge >= 0.3 is 0 Å². The van der Waals surface area contributed by atoms with Crippen LogP contribution in [0, 0.1) is 0 Å². The average Bonchev–Trinajstić information content (AvgIpc) is 3.45. The van der Waals surface area contributed by atoms with Crippen molar-refractivity contribution in [3.8, 4) is 22.7 Å². The van der Waals surface area contributed by atoms with Gasteiger partial charge in [-0.25, -0.2) is 4.68 Å². The Balaban J connectivity index is 1.49. The number of carbonyl (C=O) groups excluding carboxylic acids is 1. The summed E-state index contributed by atoms with van der Waals surface area (Å²) in [7, 11) is 0. The lowest BCUT2D eigenvalue weighted by Crippen LogP contribution is -2.27. The molecule has 36 heavy (non-hydrogen) atoms. The Kier molecular flexibility index (Phi) is 7.30. The molecule has 0 atom stereocenters. The summed E-state index contributed by atoms with van der Waals surface area (Å²) < 4.78 is 8.14. The summed E-state index contributed by atoms with van der Waals surface area (Å²) >= 11 is 6.89. The first-order chi connectivity index (χ1) is 17.6. The van der Waals surface area contributed by atoms with Gasteiger partial charge in [-0.3, -0.25) is 9.69 Å². The number of hydrogen-bond acceptors (Lipinski definition) is 5. The molecule has 5 rings (SSSR count). The fraction of sp³-hybridized carbons (Fsp3) is 0.138. The molecule has 4 aromatic rings. The number of carbonyl (C=O) groups is 1. The lowest BCUT2D eigenvalue weighted by Gasteiger charge is -2.14. The minimum Gasteiger partial charge on any atom is -0.494 e. The minimum atomic E-state index is -0.0874. The lowest BCUT2D eigenvalue weighted by molar-refractivity contribution is -0.122. The second-order valence-electron chi connectivity index (χ2n) is 8.34. The van der Waals surface area contributed by atoms with Gasteiger partial charge in [-0.05, 0) is 54.5 Å². The highest BCUT2D eigenvalue weighted by Gasteiger charge is 2.32. The summed E-state index contributed by atoms with van der Waals surface area (Å²) in [5.74, 6) is 0.738. The Morgan fingerprint density at radius 1 is 0.972 bits per heavy atom. The van der Waals surface area contributed by atoms with Crippen molar-refractivity contribution in [3.63, 3.8) is 0 Å². The molecule has 0 radical (unpaired) electrons. The van der Waals surface area contributed by atoms with E-state index in [1.54, 1.807) is 4.90 Å². The van der Waals surface area contributed by atoms with Gasteiger partial charge in [0.25, 0.3) is 5.91 Å². The number of benzene rings is 3. The molecule has 2 heterocycles. The summed E-state index contributed by atoms with van der Waals surface area (Å²) in [5, 5.41) is 4.88. The Bertz CT molecular complexity index is 1400. The monoisotopic (exact) mass is 511 g/mol. The first kappa shape index (κ1) is 24.0. The van der Waals surface area contributed by atoms with Crippen LogP contribution in [-0.4, -0.2) is 31.5 Å². The zero-order valence-electron chi connectivity index (χ0n) is 19.8. The van der Waals surface area contributed by atoms with Gasteiger partial charge in [0.1, 0.15) is 10.1 Å². The predicted molar refractivity (Wildman–Crippen MR) is 150 cm³/mol. The smallest absolute Gasteiger partial charge is 0.266 e. The second kappa shape index (κ2) is 10.9. The lowest BCUT2D eigenvalue weighted by atomic mass is 10.1. The number of aromatic nitrogens is 2. The van der Waals surface area contributed by atoms with Gasteiger partial charge < -0.3 is 4.74 Å². The summed E-state index contributed by atoms with van der Waals surface area (Å²) in [4.78, 5) is 15.5. The zero-order valence-corrected chi connectivity index (χ0v) is 21.5. The van der Waals surface area contributed by atoms with Crippen LogP contribution in [0.1, 0.15) is 24.5 Å². The molecule has 5 nitrogen and oxygen atoms in total. The van der Waals surface area contributed by atoms with Gasteiger partial charge in [0, 0.05) is 17.3 Å². The third-order valence-electron chi connectivity index (χ3n) is 5.71. The van der Waals surface area contributed by atoms with Gasteiger partial charge in [0.05, 0.1) is 29.4 Å². The van der Waals surface area contributed by atoms with Crippen LogP contribution in [0.2, 0.25) is 0 Å². The fourth-order valence-corrected chi connectivity index (χ4v) is 5.15. The van der Waals surface area contributed by atoms with E-state index in [2.05, 4.69) is 6.92 Å². The number of amides is 1. The fourth-order valence-electron chi connectivity index (χ4n) is 3.90. The van der Waals surface area contributed by atoms with E-state index < -0.39 is 0 Å². The Hall–Kier alpha value is -3.68. The largest absolute Gasteiger partial charge is 0.494 e. The summed E-state index contributed by atoms with van der Waals surface area (Å²) in [6, 6.07) is 27.7. The van der Waals surface area contributed by atoms with Crippen LogP contribution < -0.4 is 4.74 Å². The standard InChI is InChI=1S/C29H25N3O2S2/c1-2-17-34-25-15-13-22(14-16-25)27-23(20-32(30-27)24-11-7-4-8-12-24)18-26-28(33)31(29(35)36-26)19-21-9-5-3-6-10-21/h3-16,18,20H,2,17,19H2,1H3/b26-18+. The first-order valence-electron chi connectivity index (χ1n) is 11.8. The molecule has 0 bridgehead atoms. The van der Waals surface area contributed by atoms with Crippen LogP contribution >= 0.6 is 24.0 Å². The van der Waals surface area contributed by atoms with Crippen LogP contribution in [0.3, 0.4) is 0 Å². The molecular weight excluding hydrogens is 486 g/mol. The van der Waals surface area contributed by atoms with Gasteiger partial charge in [-0.1, -0.05) is 79.4 Å². The first-order valence-corrected chi connectivity index (χ1v) is 13.0. The van der Waals surface area contributed by atoms with E-state index in [0.717, 1.165) is 40.2 Å². The van der Waals surface area contributed by atoms with Crippen molar-refractivity contribution in [3.05, 3.63) is 107 Å². The molecule has 0 spiro atoms. The average molecular weight is 512 g/mol. The number of hydrogen-bond donors (Lipinski definition) is 0. The highest BCUT2D eigenvalue weighted by atomic mass is 32.2. The molecule has 180 valence electrons. The third kappa shape index (κ3) is 5.27. The molecule has 1 saturated heterocycles. The van der Waals surface area contributed by atoms with Crippen LogP contribution in [0.5, 0.6) is 5.75 Å². The summed E-state index contributed by atoms with van der Waals surface area (Å²) in [5.41, 5.74) is 4.56. The van der Waals surface area contributed by atoms with Crippen molar-refractivity contribution in [2.45, 2.75) is 19.9 Å². The van der Waals surface area contributed by atoms with Gasteiger partial charge in [0.2, 0.25) is 0 Å². The topological polar surface area (TPSA) is 47.4 Å². The molecule has 1 amide bonds. The van der Waals surface area contributed by atoms with E-state index in [9.17, 15) is 4.79 Å². The second-order valence-corrected chi connectivity index (χ2v) is 10.0. The highest BCUT2D eigenvalue weighted by molar-refractivity contribution is 8.26. The van der Waals surface area contributed by atoms with Crippen molar-refractivity contribution < 1.29 is 9.53 Å². The molecule has 1 fully saturated rings. The maximum Gasteiger partial charge on any atom is 0.266 e. The quantitative estimate of drug-likeness (QED) is 0.194. The Labute approximate surface area is 220 Å². The molecular formula is C29H25N3O2S2. The van der Waals surface area contributed by atoms with Gasteiger partial charge in [-0.2, -0.15) is 5.10 Å². The highest BCUT2D eigenvalue weighted by Crippen LogP contribution is 2.36. The molecule has 7 heteroatoms. The number of para-hydroxylation sites is 1. The molecule has 0 saturated carbocycles. The number of rotatable bonds is 8. The number of ether oxygens (including phenoxy) is 1. The maximum atomic E-state index is 13.3. The SMILES string of the molecule is CCCOc1ccc(-c2nn(-c3ccccc3)cc2/C=C2/SC(=S)N(Cc3ccccc3)C2=O)cc1. The van der Waals surface area contributed by atoms with Crippen molar-refractivity contribution in [2.75, 3.05) is 6.61 Å². The molecule has 1 aliphatic heterocycles. The van der Waals surface area contributed by atoms with Gasteiger partial charge in [0.15, 0.2) is 0 Å². The molecule has 3 aromatic carbocycles. The normalized spacial score (nSPS) is 14.6. The summed E-state index contributed by atoms with van der Waals surface area (Å²) in [6.07, 6.45) is 4.80. The van der Waals surface area contributed by atoms with E-state index in [1.165, 1.54) is 11.8 Å².